The van der Waals surface area contributed by atoms with Gasteiger partial charge in [0.25, 0.3) is 0 Å². The predicted octanol–water partition coefficient (Wildman–Crippen LogP) is -0.149. The van der Waals surface area contributed by atoms with Crippen molar-refractivity contribution in [1.29, 1.82) is 0 Å². The van der Waals surface area contributed by atoms with Gasteiger partial charge in [0.1, 0.15) is 0 Å². The second-order valence-electron chi connectivity index (χ2n) is 1.64. The summed E-state index contributed by atoms with van der Waals surface area (Å²) in [4.78, 5) is 0. The van der Waals surface area contributed by atoms with Crippen LogP contribution in [0.4, 0.5) is 0 Å². The zero-order chi connectivity index (χ0) is 6.62. The molecule has 1 N–H and O–H groups in total. The molecular weight excluding hydrogens is 139 g/mol. The Balaban J connectivity index is 3.42. The first-order chi connectivity index (χ1) is 3.56. The van der Waals surface area contributed by atoms with Gasteiger partial charge in [-0.15, -0.1) is 0 Å². The first kappa shape index (κ1) is 8.91. The van der Waals surface area contributed by atoms with E-state index in [0.29, 0.717) is 6.42 Å². The van der Waals surface area contributed by atoms with Crippen molar-refractivity contribution in [1.82, 2.24) is 0 Å². The molecule has 0 aliphatic heterocycles. The van der Waals surface area contributed by atoms with Gasteiger partial charge in [0, 0.05) is 0 Å². The first-order valence-corrected chi connectivity index (χ1v) is 5.54. The van der Waals surface area contributed by atoms with Crippen molar-refractivity contribution < 1.29 is 13.0 Å². The van der Waals surface area contributed by atoms with E-state index >= 15 is 0 Å². The Morgan fingerprint density at radius 1 is 1.50 bits per heavy atom. The van der Waals surface area contributed by atoms with E-state index in [1.165, 1.54) is 0 Å². The third kappa shape index (κ3) is 6.91. The summed E-state index contributed by atoms with van der Waals surface area (Å²) in [5.74, 6) is -0.0729. The Morgan fingerprint density at radius 2 is 2.00 bits per heavy atom. The molecule has 0 heterocycles. The second-order valence-corrected chi connectivity index (χ2v) is 4.21. The fraction of sp³-hybridized carbons (Fsp3) is 1.00. The monoisotopic (exact) mass is 146 g/mol. The van der Waals surface area contributed by atoms with E-state index in [1.54, 1.807) is 0 Å². The molecule has 0 aliphatic carbocycles. The molecule has 0 unspecified atom stereocenters. The van der Waals surface area contributed by atoms with Gasteiger partial charge >= 0.3 is 66.9 Å². The normalized spacial score (nSPS) is 11.9. The summed E-state index contributed by atoms with van der Waals surface area (Å²) in [6.45, 7) is 0. The number of hydrogen-bond acceptors (Lipinski definition) is 2. The molecule has 0 saturated carbocycles. The summed E-state index contributed by atoms with van der Waals surface area (Å²) in [7, 11) is -3.66. The molecule has 0 atom stereocenters. The molecule has 0 fully saturated rings. The van der Waals surface area contributed by atoms with Gasteiger partial charge in [0.05, 0.1) is 0 Å². The van der Waals surface area contributed by atoms with E-state index in [-0.39, 0.29) is 5.75 Å². The van der Waals surface area contributed by atoms with Gasteiger partial charge in [-0.3, -0.25) is 0 Å². The van der Waals surface area contributed by atoms with Crippen LogP contribution in [0.2, 0.25) is 3.67 Å². The van der Waals surface area contributed by atoms with Crippen LogP contribution in [0, 0.1) is 0 Å². The van der Waals surface area contributed by atoms with Crippen LogP contribution in [0.5, 0.6) is 0 Å². The molecule has 0 radical (unpaired) electrons. The molecule has 0 rings (SSSR count). The molecule has 0 spiro atoms. The molecule has 0 bridgehead atoms. The van der Waals surface area contributed by atoms with Crippen LogP contribution in [-0.2, 0) is 10.1 Å². The van der Waals surface area contributed by atoms with Crippen LogP contribution in [0.3, 0.4) is 0 Å². The van der Waals surface area contributed by atoms with Crippen LogP contribution < -0.4 is 0 Å². The summed E-state index contributed by atoms with van der Waals surface area (Å²) >= 11 is 1.01. The van der Waals surface area contributed by atoms with Crippen molar-refractivity contribution in [2.45, 2.75) is 10.1 Å². The molecule has 8 heavy (non-hydrogen) atoms. The van der Waals surface area contributed by atoms with Gasteiger partial charge in [0.2, 0.25) is 0 Å². The van der Waals surface area contributed by atoms with Gasteiger partial charge in [-0.05, 0) is 0 Å². The molecule has 5 heteroatoms. The average Bonchev–Trinajstić information content (AvgIpc) is 1.59. The maximum absolute atomic E-state index is 9.96. The Kier molecular flexibility index (Phi) is 4.28. The van der Waals surface area contributed by atoms with E-state index in [9.17, 15) is 8.42 Å². The molecule has 0 amide bonds. The van der Waals surface area contributed by atoms with Crippen LogP contribution in [-0.4, -0.2) is 46.7 Å². The maximum atomic E-state index is 9.96. The fourth-order valence-electron chi connectivity index (χ4n) is 0.327. The molecule has 3 nitrogen and oxygen atoms in total. The zero-order valence-electron chi connectivity index (χ0n) is 4.79. The number of hydrogen-bond donors (Lipinski definition) is 1. The zero-order valence-corrected chi connectivity index (χ0v) is 7.61. The minimum atomic E-state index is -3.66. The molecule has 0 aliphatic rings. The van der Waals surface area contributed by atoms with Crippen molar-refractivity contribution in [3.05, 3.63) is 0 Å². The van der Waals surface area contributed by atoms with Gasteiger partial charge in [-0.1, -0.05) is 0 Å². The van der Waals surface area contributed by atoms with Crippen LogP contribution >= 0.6 is 0 Å². The minimum absolute atomic E-state index is 0.0729. The Bertz CT molecular complexity index is 139. The van der Waals surface area contributed by atoms with E-state index in [2.05, 4.69) is 0 Å². The second kappa shape index (κ2) is 3.85. The van der Waals surface area contributed by atoms with Gasteiger partial charge < -0.3 is 0 Å². The van der Waals surface area contributed by atoms with Crippen molar-refractivity contribution in [2.24, 2.45) is 0 Å². The van der Waals surface area contributed by atoms with Gasteiger partial charge in [0.15, 0.2) is 0 Å². The summed E-state index contributed by atoms with van der Waals surface area (Å²) in [5, 5.41) is 0. The number of rotatable bonds is 3. The third-order valence-corrected chi connectivity index (χ3v) is 2.27. The Morgan fingerprint density at radius 3 is 2.12 bits per heavy atom. The Labute approximate surface area is 66.6 Å². The van der Waals surface area contributed by atoms with Gasteiger partial charge in [-0.2, -0.15) is 0 Å². The van der Waals surface area contributed by atoms with Crippen LogP contribution in [0.25, 0.3) is 0 Å². The molecule has 0 saturated heterocycles. The Hall–Kier alpha value is 0.910. The van der Waals surface area contributed by atoms with Crippen molar-refractivity contribution in [3.8, 4) is 0 Å². The summed E-state index contributed by atoms with van der Waals surface area (Å²) < 4.78 is 29.0. The SMILES string of the molecule is O=S(=O)(O)CC[CH2][Na]. The van der Waals surface area contributed by atoms with Crippen LogP contribution in [0.1, 0.15) is 6.42 Å². The summed E-state index contributed by atoms with van der Waals surface area (Å²) in [6, 6.07) is 0. The topological polar surface area (TPSA) is 54.4 Å². The van der Waals surface area contributed by atoms with Gasteiger partial charge in [-0.25, -0.2) is 0 Å². The summed E-state index contributed by atoms with van der Waals surface area (Å²) in [6.07, 6.45) is 0.602. The third-order valence-electron chi connectivity index (χ3n) is 0.756. The van der Waals surface area contributed by atoms with E-state index in [0.717, 1.165) is 31.6 Å². The summed E-state index contributed by atoms with van der Waals surface area (Å²) in [5.41, 5.74) is 0. The quantitative estimate of drug-likeness (QED) is 0.445. The van der Waals surface area contributed by atoms with Crippen molar-refractivity contribution in [3.63, 3.8) is 0 Å². The standard InChI is InChI=1S/C3H7O3S.Na/c1-2-3-7(4,5)6;/h1-3H2,(H,4,5,6);. The fourth-order valence-corrected chi connectivity index (χ4v) is 1.85. The first-order valence-electron chi connectivity index (χ1n) is 2.51. The van der Waals surface area contributed by atoms with E-state index in [1.807, 2.05) is 0 Å². The van der Waals surface area contributed by atoms with Crippen molar-refractivity contribution >= 4 is 38.0 Å². The molecular formula is C3H7NaO3S. The average molecular weight is 146 g/mol. The molecule has 0 aromatic rings. The molecule has 0 aromatic heterocycles. The predicted molar refractivity (Wildman–Crippen MR) is 31.6 cm³/mol. The van der Waals surface area contributed by atoms with E-state index in [4.69, 9.17) is 4.55 Å². The molecule has 0 aromatic carbocycles. The molecule has 44 valence electrons. The van der Waals surface area contributed by atoms with Crippen LogP contribution in [0.15, 0.2) is 0 Å². The van der Waals surface area contributed by atoms with E-state index < -0.39 is 10.1 Å². The van der Waals surface area contributed by atoms with Crippen molar-refractivity contribution in [2.75, 3.05) is 5.75 Å².